The quantitative estimate of drug-likeness (QED) is 0.676. The average Bonchev–Trinajstić information content (AvgIpc) is 2.13. The van der Waals surface area contributed by atoms with Gasteiger partial charge in [0.25, 0.3) is 0 Å². The maximum Gasteiger partial charge on any atom is 0.404 e. The number of ether oxygens (including phenoxy) is 2. The van der Waals surface area contributed by atoms with Gasteiger partial charge in [-0.05, 0) is 5.92 Å². The van der Waals surface area contributed by atoms with Gasteiger partial charge in [-0.15, -0.1) is 0 Å². The van der Waals surface area contributed by atoms with Crippen molar-refractivity contribution in [3.8, 4) is 0 Å². The lowest BCUT2D eigenvalue weighted by Crippen LogP contribution is -2.34. The molecule has 0 amide bonds. The Balaban J connectivity index is 3.74. The topological polar surface area (TPSA) is 55.8 Å². The van der Waals surface area contributed by atoms with Crippen LogP contribution in [0, 0.1) is 11.8 Å². The molecular formula is C10H17F3O4. The summed E-state index contributed by atoms with van der Waals surface area (Å²) in [5.41, 5.74) is 0. The predicted octanol–water partition coefficient (Wildman–Crippen LogP) is 1.94. The van der Waals surface area contributed by atoms with Crippen molar-refractivity contribution in [2.24, 2.45) is 11.8 Å². The van der Waals surface area contributed by atoms with E-state index in [1.54, 1.807) is 0 Å². The minimum absolute atomic E-state index is 0.0490. The molecule has 1 atom stereocenters. The van der Waals surface area contributed by atoms with Gasteiger partial charge in [0.1, 0.15) is 0 Å². The number of carbonyl (C=O) groups is 1. The van der Waals surface area contributed by atoms with E-state index in [-0.39, 0.29) is 13.2 Å². The van der Waals surface area contributed by atoms with Crippen molar-refractivity contribution in [1.29, 1.82) is 0 Å². The standard InChI is InChI=1S/C10H17F3O4/c1-7(2)5-16-3-4-17-6-8(9(14)15)10(11,12)13/h7-8H,3-6H2,1-2H3,(H,14,15). The molecule has 0 aliphatic rings. The van der Waals surface area contributed by atoms with Crippen molar-refractivity contribution < 1.29 is 32.5 Å². The van der Waals surface area contributed by atoms with E-state index in [2.05, 4.69) is 4.74 Å². The number of carboxylic acids is 1. The number of aliphatic carboxylic acids is 1. The molecule has 0 aliphatic heterocycles. The zero-order valence-corrected chi connectivity index (χ0v) is 9.79. The van der Waals surface area contributed by atoms with Gasteiger partial charge in [0.05, 0.1) is 19.8 Å². The molecule has 0 aliphatic carbocycles. The maximum absolute atomic E-state index is 12.2. The highest BCUT2D eigenvalue weighted by Gasteiger charge is 2.45. The number of alkyl halides is 3. The van der Waals surface area contributed by atoms with Crippen LogP contribution < -0.4 is 0 Å². The van der Waals surface area contributed by atoms with Crippen LogP contribution in [0.15, 0.2) is 0 Å². The first-order valence-corrected chi connectivity index (χ1v) is 5.20. The second-order valence-corrected chi connectivity index (χ2v) is 3.98. The van der Waals surface area contributed by atoms with Crippen molar-refractivity contribution in [3.63, 3.8) is 0 Å². The van der Waals surface area contributed by atoms with Crippen LogP contribution in [0.25, 0.3) is 0 Å². The molecular weight excluding hydrogens is 241 g/mol. The van der Waals surface area contributed by atoms with E-state index in [1.165, 1.54) is 0 Å². The zero-order chi connectivity index (χ0) is 13.5. The van der Waals surface area contributed by atoms with Crippen LogP contribution >= 0.6 is 0 Å². The van der Waals surface area contributed by atoms with Crippen LogP contribution in [-0.4, -0.2) is 43.7 Å². The van der Waals surface area contributed by atoms with E-state index in [0.29, 0.717) is 12.5 Å². The lowest BCUT2D eigenvalue weighted by Gasteiger charge is -2.16. The molecule has 4 nitrogen and oxygen atoms in total. The van der Waals surface area contributed by atoms with Crippen molar-refractivity contribution in [1.82, 2.24) is 0 Å². The molecule has 0 saturated carbocycles. The van der Waals surface area contributed by atoms with Crippen LogP contribution in [0.3, 0.4) is 0 Å². The molecule has 0 radical (unpaired) electrons. The highest BCUT2D eigenvalue weighted by molar-refractivity contribution is 5.71. The smallest absolute Gasteiger partial charge is 0.404 e. The summed E-state index contributed by atoms with van der Waals surface area (Å²) < 4.78 is 46.2. The second-order valence-electron chi connectivity index (χ2n) is 3.98. The molecule has 0 heterocycles. The van der Waals surface area contributed by atoms with Crippen LogP contribution in [0.5, 0.6) is 0 Å². The lowest BCUT2D eigenvalue weighted by atomic mass is 10.1. The van der Waals surface area contributed by atoms with Crippen LogP contribution in [0.1, 0.15) is 13.8 Å². The largest absolute Gasteiger partial charge is 0.481 e. The summed E-state index contributed by atoms with van der Waals surface area (Å²) in [6, 6.07) is 0. The van der Waals surface area contributed by atoms with Crippen molar-refractivity contribution in [2.75, 3.05) is 26.4 Å². The van der Waals surface area contributed by atoms with Gasteiger partial charge in [-0.2, -0.15) is 13.2 Å². The molecule has 7 heteroatoms. The predicted molar refractivity (Wildman–Crippen MR) is 53.7 cm³/mol. The van der Waals surface area contributed by atoms with Gasteiger partial charge < -0.3 is 14.6 Å². The highest BCUT2D eigenvalue weighted by Crippen LogP contribution is 2.26. The number of hydrogen-bond donors (Lipinski definition) is 1. The molecule has 102 valence electrons. The molecule has 0 aromatic carbocycles. The average molecular weight is 258 g/mol. The van der Waals surface area contributed by atoms with Crippen molar-refractivity contribution >= 4 is 5.97 Å². The third-order valence-corrected chi connectivity index (χ3v) is 1.80. The van der Waals surface area contributed by atoms with Gasteiger partial charge in [-0.1, -0.05) is 13.8 Å². The first-order valence-electron chi connectivity index (χ1n) is 5.20. The normalized spacial score (nSPS) is 14.0. The molecule has 1 unspecified atom stereocenters. The third-order valence-electron chi connectivity index (χ3n) is 1.80. The molecule has 0 bridgehead atoms. The molecule has 0 aromatic heterocycles. The Morgan fingerprint density at radius 3 is 2.00 bits per heavy atom. The molecule has 0 spiro atoms. The van der Waals surface area contributed by atoms with Crippen molar-refractivity contribution in [2.45, 2.75) is 20.0 Å². The van der Waals surface area contributed by atoms with Gasteiger partial charge >= 0.3 is 12.1 Å². The van der Waals surface area contributed by atoms with Crippen LogP contribution in [0.2, 0.25) is 0 Å². The summed E-state index contributed by atoms with van der Waals surface area (Å²) in [6.45, 7) is 3.58. The Hall–Kier alpha value is -0.820. The van der Waals surface area contributed by atoms with E-state index in [9.17, 15) is 18.0 Å². The highest BCUT2D eigenvalue weighted by atomic mass is 19.4. The Bertz CT molecular complexity index is 228. The fourth-order valence-corrected chi connectivity index (χ4v) is 0.944. The molecule has 0 aromatic rings. The summed E-state index contributed by atoms with van der Waals surface area (Å²) >= 11 is 0. The maximum atomic E-state index is 12.2. The molecule has 1 N–H and O–H groups in total. The Morgan fingerprint density at radius 2 is 1.65 bits per heavy atom. The van der Waals surface area contributed by atoms with E-state index in [0.717, 1.165) is 0 Å². The Kier molecular flexibility index (Phi) is 7.13. The summed E-state index contributed by atoms with van der Waals surface area (Å²) in [5.74, 6) is -4.08. The van der Waals surface area contributed by atoms with E-state index in [4.69, 9.17) is 9.84 Å². The summed E-state index contributed by atoms with van der Waals surface area (Å²) in [6.07, 6.45) is -4.79. The lowest BCUT2D eigenvalue weighted by molar-refractivity contribution is -0.203. The second kappa shape index (κ2) is 7.50. The number of hydrogen-bond acceptors (Lipinski definition) is 3. The zero-order valence-electron chi connectivity index (χ0n) is 9.79. The molecule has 0 saturated heterocycles. The van der Waals surface area contributed by atoms with Gasteiger partial charge in [-0.3, -0.25) is 4.79 Å². The monoisotopic (exact) mass is 258 g/mol. The van der Waals surface area contributed by atoms with Crippen molar-refractivity contribution in [3.05, 3.63) is 0 Å². The molecule has 17 heavy (non-hydrogen) atoms. The van der Waals surface area contributed by atoms with E-state index in [1.807, 2.05) is 13.8 Å². The van der Waals surface area contributed by atoms with Crippen LogP contribution in [0.4, 0.5) is 13.2 Å². The molecule has 0 rings (SSSR count). The number of halogens is 3. The van der Waals surface area contributed by atoms with Gasteiger partial charge in [0, 0.05) is 6.61 Å². The van der Waals surface area contributed by atoms with Gasteiger partial charge in [0.2, 0.25) is 0 Å². The summed E-state index contributed by atoms with van der Waals surface area (Å²) in [7, 11) is 0. The van der Waals surface area contributed by atoms with Gasteiger partial charge in [-0.25, -0.2) is 0 Å². The Morgan fingerprint density at radius 1 is 1.18 bits per heavy atom. The minimum atomic E-state index is -4.79. The van der Waals surface area contributed by atoms with Crippen LogP contribution in [-0.2, 0) is 14.3 Å². The van der Waals surface area contributed by atoms with Gasteiger partial charge in [0.15, 0.2) is 5.92 Å². The summed E-state index contributed by atoms with van der Waals surface area (Å²) in [5, 5.41) is 8.35. The Labute approximate surface area is 97.7 Å². The first-order chi connectivity index (χ1) is 7.75. The first kappa shape index (κ1) is 16.2. The number of rotatable bonds is 8. The summed E-state index contributed by atoms with van der Waals surface area (Å²) in [4.78, 5) is 10.3. The fourth-order valence-electron chi connectivity index (χ4n) is 0.944. The third kappa shape index (κ3) is 7.98. The molecule has 0 fully saturated rings. The fraction of sp³-hybridized carbons (Fsp3) is 0.900. The minimum Gasteiger partial charge on any atom is -0.481 e. The van der Waals surface area contributed by atoms with E-state index < -0.39 is 24.7 Å². The van der Waals surface area contributed by atoms with E-state index >= 15 is 0 Å². The SMILES string of the molecule is CC(C)COCCOCC(C(=O)O)C(F)(F)F. The number of carboxylic acid groups (broad SMARTS) is 1.